The molecule has 2 nitrogen and oxygen atoms in total. The minimum atomic E-state index is -0.495. The van der Waals surface area contributed by atoms with Crippen LogP contribution in [0.5, 0.6) is 0 Å². The second-order valence-electron chi connectivity index (χ2n) is 4.55. The molecule has 0 heterocycles. The highest BCUT2D eigenvalue weighted by molar-refractivity contribution is 9.10. The predicted molar refractivity (Wildman–Crippen MR) is 68.4 cm³/mol. The lowest BCUT2D eigenvalue weighted by Gasteiger charge is -2.31. The van der Waals surface area contributed by atoms with Gasteiger partial charge in [-0.1, -0.05) is 12.5 Å². The lowest BCUT2D eigenvalue weighted by Crippen LogP contribution is -2.41. The molecule has 1 saturated carbocycles. The maximum atomic E-state index is 13.7. The van der Waals surface area contributed by atoms with Crippen molar-refractivity contribution in [2.75, 3.05) is 0 Å². The van der Waals surface area contributed by atoms with E-state index in [1.165, 1.54) is 12.5 Å². The van der Waals surface area contributed by atoms with Crippen molar-refractivity contribution in [3.05, 3.63) is 34.1 Å². The molecule has 0 radical (unpaired) electrons. The van der Waals surface area contributed by atoms with E-state index in [1.54, 1.807) is 12.1 Å². The van der Waals surface area contributed by atoms with E-state index < -0.39 is 5.82 Å². The Bertz CT molecular complexity index is 431. The Morgan fingerprint density at radius 2 is 2.24 bits per heavy atom. The molecule has 1 amide bonds. The van der Waals surface area contributed by atoms with E-state index >= 15 is 0 Å². The number of halogens is 2. The highest BCUT2D eigenvalue weighted by Gasteiger charge is 2.26. The summed E-state index contributed by atoms with van der Waals surface area (Å²) in [5.74, 6) is -0.275. The summed E-state index contributed by atoms with van der Waals surface area (Å²) < 4.78 is 14.0. The zero-order valence-corrected chi connectivity index (χ0v) is 11.3. The third-order valence-electron chi connectivity index (χ3n) is 3.41. The van der Waals surface area contributed by atoms with Gasteiger partial charge >= 0.3 is 0 Å². The Kier molecular flexibility index (Phi) is 3.82. The largest absolute Gasteiger partial charge is 0.349 e. The van der Waals surface area contributed by atoms with Gasteiger partial charge in [-0.15, -0.1) is 0 Å². The number of carbonyl (C=O) groups excluding carboxylic acids is 1. The van der Waals surface area contributed by atoms with Crippen LogP contribution < -0.4 is 5.32 Å². The van der Waals surface area contributed by atoms with Gasteiger partial charge in [-0.2, -0.15) is 0 Å². The van der Waals surface area contributed by atoms with Crippen LogP contribution in [0.1, 0.15) is 36.5 Å². The molecule has 1 aromatic carbocycles. The quantitative estimate of drug-likeness (QED) is 0.909. The molecule has 1 unspecified atom stereocenters. The van der Waals surface area contributed by atoms with Gasteiger partial charge in [0.05, 0.1) is 10.0 Å². The number of carbonyl (C=O) groups is 1. The summed E-state index contributed by atoms with van der Waals surface area (Å²) in [5.41, 5.74) is 0.102. The van der Waals surface area contributed by atoms with Crippen LogP contribution in [-0.4, -0.2) is 11.9 Å². The lowest BCUT2D eigenvalue weighted by atomic mass is 9.80. The van der Waals surface area contributed by atoms with Crippen LogP contribution in [0.4, 0.5) is 4.39 Å². The van der Waals surface area contributed by atoms with Crippen LogP contribution in [0.25, 0.3) is 0 Å². The fraction of sp³-hybridized carbons (Fsp3) is 0.462. The van der Waals surface area contributed by atoms with E-state index in [0.29, 0.717) is 10.4 Å². The normalized spacial score (nSPS) is 17.4. The van der Waals surface area contributed by atoms with Gasteiger partial charge < -0.3 is 5.32 Å². The van der Waals surface area contributed by atoms with Crippen molar-refractivity contribution in [1.82, 2.24) is 5.32 Å². The van der Waals surface area contributed by atoms with Gasteiger partial charge in [-0.25, -0.2) is 4.39 Å². The molecule has 0 saturated heterocycles. The molecule has 1 aliphatic rings. The first-order valence-electron chi connectivity index (χ1n) is 5.84. The van der Waals surface area contributed by atoms with Crippen molar-refractivity contribution < 1.29 is 9.18 Å². The lowest BCUT2D eigenvalue weighted by molar-refractivity contribution is 0.0905. The molecule has 0 spiro atoms. The molecule has 1 N–H and O–H groups in total. The molecule has 2 rings (SSSR count). The Hall–Kier alpha value is -0.900. The first kappa shape index (κ1) is 12.6. The monoisotopic (exact) mass is 299 g/mol. The van der Waals surface area contributed by atoms with Gasteiger partial charge in [0, 0.05) is 6.04 Å². The van der Waals surface area contributed by atoms with Crippen LogP contribution in [0.2, 0.25) is 0 Å². The molecule has 1 atom stereocenters. The first-order valence-corrected chi connectivity index (χ1v) is 6.63. The summed E-state index contributed by atoms with van der Waals surface area (Å²) >= 11 is 3.08. The van der Waals surface area contributed by atoms with Crippen molar-refractivity contribution >= 4 is 21.8 Å². The third-order valence-corrected chi connectivity index (χ3v) is 4.02. The number of nitrogens with one attached hydrogen (secondary N) is 1. The molecule has 0 bridgehead atoms. The van der Waals surface area contributed by atoms with E-state index in [1.807, 2.05) is 6.92 Å². The van der Waals surface area contributed by atoms with Crippen molar-refractivity contribution in [3.8, 4) is 0 Å². The van der Waals surface area contributed by atoms with E-state index in [9.17, 15) is 9.18 Å². The van der Waals surface area contributed by atoms with Crippen LogP contribution in [-0.2, 0) is 0 Å². The molecule has 4 heteroatoms. The SMILES string of the molecule is CC(NC(=O)c1cccc(Br)c1F)C1CCC1. The van der Waals surface area contributed by atoms with Crippen molar-refractivity contribution in [2.24, 2.45) is 5.92 Å². The van der Waals surface area contributed by atoms with Gasteiger partial charge in [0.1, 0.15) is 5.82 Å². The molecule has 1 fully saturated rings. The topological polar surface area (TPSA) is 29.1 Å². The Labute approximate surface area is 109 Å². The molecule has 1 aliphatic carbocycles. The smallest absolute Gasteiger partial charge is 0.254 e. The van der Waals surface area contributed by atoms with Crippen LogP contribution in [0.3, 0.4) is 0 Å². The molecular formula is C13H15BrFNO. The number of amides is 1. The molecule has 17 heavy (non-hydrogen) atoms. The molecule has 0 aromatic heterocycles. The van der Waals surface area contributed by atoms with Crippen molar-refractivity contribution in [3.63, 3.8) is 0 Å². The summed E-state index contributed by atoms with van der Waals surface area (Å²) in [6.45, 7) is 1.98. The third kappa shape index (κ3) is 2.68. The highest BCUT2D eigenvalue weighted by atomic mass is 79.9. The van der Waals surface area contributed by atoms with Gasteiger partial charge in [-0.3, -0.25) is 4.79 Å². The summed E-state index contributed by atoms with van der Waals surface area (Å²) in [4.78, 5) is 11.9. The average Bonchev–Trinajstić information content (AvgIpc) is 2.19. The second kappa shape index (κ2) is 5.17. The predicted octanol–water partition coefficient (Wildman–Crippen LogP) is 3.51. The summed E-state index contributed by atoms with van der Waals surface area (Å²) in [7, 11) is 0. The van der Waals surface area contributed by atoms with Crippen LogP contribution >= 0.6 is 15.9 Å². The Morgan fingerprint density at radius 1 is 1.53 bits per heavy atom. The summed E-state index contributed by atoms with van der Waals surface area (Å²) in [6.07, 6.45) is 3.54. The Morgan fingerprint density at radius 3 is 2.82 bits per heavy atom. The van der Waals surface area contributed by atoms with Gasteiger partial charge in [-0.05, 0) is 53.7 Å². The van der Waals surface area contributed by atoms with Gasteiger partial charge in [0.15, 0.2) is 0 Å². The van der Waals surface area contributed by atoms with Gasteiger partial charge in [0.25, 0.3) is 5.91 Å². The standard InChI is InChI=1S/C13H15BrFNO/c1-8(9-4-2-5-9)16-13(17)10-6-3-7-11(14)12(10)15/h3,6-9H,2,4-5H2,1H3,(H,16,17). The molecule has 1 aromatic rings. The zero-order chi connectivity index (χ0) is 12.4. The van der Waals surface area contributed by atoms with E-state index in [2.05, 4.69) is 21.2 Å². The second-order valence-corrected chi connectivity index (χ2v) is 5.41. The van der Waals surface area contributed by atoms with E-state index in [-0.39, 0.29) is 17.5 Å². The minimum Gasteiger partial charge on any atom is -0.349 e. The fourth-order valence-electron chi connectivity index (χ4n) is 2.02. The highest BCUT2D eigenvalue weighted by Crippen LogP contribution is 2.29. The summed E-state index contributed by atoms with van der Waals surface area (Å²) in [6, 6.07) is 4.87. The maximum Gasteiger partial charge on any atom is 0.254 e. The van der Waals surface area contributed by atoms with Crippen molar-refractivity contribution in [2.45, 2.75) is 32.2 Å². The Balaban J connectivity index is 2.06. The maximum absolute atomic E-state index is 13.7. The first-order chi connectivity index (χ1) is 8.09. The number of benzene rings is 1. The summed E-state index contributed by atoms with van der Waals surface area (Å²) in [5, 5.41) is 2.87. The molecule has 0 aliphatic heterocycles. The van der Waals surface area contributed by atoms with Crippen LogP contribution in [0.15, 0.2) is 22.7 Å². The van der Waals surface area contributed by atoms with E-state index in [0.717, 1.165) is 12.8 Å². The minimum absolute atomic E-state index is 0.102. The molecule has 92 valence electrons. The number of hydrogen-bond donors (Lipinski definition) is 1. The van der Waals surface area contributed by atoms with Gasteiger partial charge in [0.2, 0.25) is 0 Å². The zero-order valence-electron chi connectivity index (χ0n) is 9.67. The van der Waals surface area contributed by atoms with E-state index in [4.69, 9.17) is 0 Å². The number of hydrogen-bond acceptors (Lipinski definition) is 1. The molecular weight excluding hydrogens is 285 g/mol. The van der Waals surface area contributed by atoms with Crippen molar-refractivity contribution in [1.29, 1.82) is 0 Å². The number of rotatable bonds is 3. The fourth-order valence-corrected chi connectivity index (χ4v) is 2.39. The average molecular weight is 300 g/mol. The van der Waals surface area contributed by atoms with Crippen LogP contribution in [0, 0.1) is 11.7 Å².